The van der Waals surface area contributed by atoms with E-state index in [9.17, 15) is 14.4 Å². The maximum atomic E-state index is 9.25. The molecule has 0 N–H and O–H groups in total. The van der Waals surface area contributed by atoms with Crippen molar-refractivity contribution < 1.29 is 35.9 Å². The van der Waals surface area contributed by atoms with Crippen molar-refractivity contribution in [2.45, 2.75) is 0 Å². The van der Waals surface area contributed by atoms with Crippen molar-refractivity contribution in [2.24, 2.45) is 0 Å². The molecule has 0 aliphatic carbocycles. The summed E-state index contributed by atoms with van der Waals surface area (Å²) in [4.78, 5) is 18.5. The topological polar surface area (TPSA) is 72.4 Å². The summed E-state index contributed by atoms with van der Waals surface area (Å²) in [7, 11) is -3.83. The van der Waals surface area contributed by atoms with Crippen LogP contribution in [0.2, 0.25) is 0 Å². The molecule has 0 aromatic rings. The molecular formula is H2BMnO4P. The Balaban J connectivity index is 0. The Morgan fingerprint density at radius 2 is 1.71 bits per heavy atom. The van der Waals surface area contributed by atoms with Gasteiger partial charge in [-0.1, -0.05) is 0 Å². The van der Waals surface area contributed by atoms with E-state index < -0.39 is 7.82 Å². The van der Waals surface area contributed by atoms with Gasteiger partial charge in [0, 0.05) is 7.82 Å². The van der Waals surface area contributed by atoms with Crippen molar-refractivity contribution in [3.8, 4) is 0 Å². The Bertz CT molecular complexity index is 75.8. The number of rotatable bonds is 1. The zero-order chi connectivity index (χ0) is 5.21. The Kier molecular flexibility index (Phi) is 5.57. The molecule has 0 aliphatic heterocycles. The van der Waals surface area contributed by atoms with Crippen LogP contribution in [0.3, 0.4) is 0 Å². The molecule has 0 saturated carbocycles. The smallest absolute Gasteiger partial charge is 0.791 e. The summed E-state index contributed by atoms with van der Waals surface area (Å²) in [6.07, 6.45) is 0. The number of hydrogen-bond donors (Lipinski definition) is 0. The second-order valence-corrected chi connectivity index (χ2v) is 1.89. The van der Waals surface area contributed by atoms with Gasteiger partial charge in [0.05, 0.1) is 0 Å². The van der Waals surface area contributed by atoms with Gasteiger partial charge in [-0.05, 0) is 0 Å². The van der Waals surface area contributed by atoms with Gasteiger partial charge in [0.25, 0.3) is 8.05 Å². The van der Waals surface area contributed by atoms with Crippen LogP contribution in [0.15, 0.2) is 0 Å². The van der Waals surface area contributed by atoms with Crippen LogP contribution in [0.5, 0.6) is 0 Å². The van der Waals surface area contributed by atoms with E-state index in [1.54, 1.807) is 0 Å². The standard InChI is InChI=1S/BH4O4P.Mn/c1-5-6(2,3)4;/h1H2,(H2,2,3,4);/q;+2/p-2. The van der Waals surface area contributed by atoms with Crippen molar-refractivity contribution in [3.63, 3.8) is 0 Å². The van der Waals surface area contributed by atoms with Gasteiger partial charge in [-0.3, -0.25) is 0 Å². The van der Waals surface area contributed by atoms with Crippen LogP contribution in [0.1, 0.15) is 0 Å². The minimum Gasteiger partial charge on any atom is -0.791 e. The summed E-state index contributed by atoms with van der Waals surface area (Å²) in [6.45, 7) is 0. The number of hydrogen-bond acceptors (Lipinski definition) is 4. The molecule has 0 fully saturated rings. The molecule has 0 aromatic carbocycles. The molecule has 0 heterocycles. The molecule has 1 radical (unpaired) electrons. The molecule has 7 heteroatoms. The molecule has 0 spiro atoms. The van der Waals surface area contributed by atoms with Crippen LogP contribution < -0.4 is 9.79 Å². The van der Waals surface area contributed by atoms with Crippen LogP contribution in [0.25, 0.3) is 0 Å². The Hall–Kier alpha value is 0.694. The fourth-order valence-corrected chi connectivity index (χ4v) is 0. The first-order valence-corrected chi connectivity index (χ1v) is 2.60. The summed E-state index contributed by atoms with van der Waals surface area (Å²) in [6, 6.07) is 0. The average Bonchev–Trinajstić information content (AvgIpc) is 1.35. The second-order valence-electron chi connectivity index (χ2n) is 0.630. The van der Waals surface area contributed by atoms with Gasteiger partial charge < -0.3 is 18.8 Å². The van der Waals surface area contributed by atoms with Crippen LogP contribution in [0.4, 0.5) is 0 Å². The first kappa shape index (κ1) is 10.6. The van der Waals surface area contributed by atoms with Gasteiger partial charge in [0.2, 0.25) is 0 Å². The Morgan fingerprint density at radius 1 is 1.57 bits per heavy atom. The SMILES string of the molecule is BOP(=O)([O-])[O-].[Mn+2]. The van der Waals surface area contributed by atoms with Crippen LogP contribution in [0, 0.1) is 0 Å². The molecule has 4 nitrogen and oxygen atoms in total. The maximum absolute atomic E-state index is 9.25. The van der Waals surface area contributed by atoms with E-state index in [1.807, 2.05) is 0 Å². The molecule has 0 aliphatic rings. The van der Waals surface area contributed by atoms with E-state index >= 15 is 0 Å². The van der Waals surface area contributed by atoms with Gasteiger partial charge in [-0.2, -0.15) is 0 Å². The molecule has 0 aromatic heterocycles. The summed E-state index contributed by atoms with van der Waals surface area (Å²) >= 11 is 0. The summed E-state index contributed by atoms with van der Waals surface area (Å²) in [5.74, 6) is 0. The summed E-state index contributed by atoms with van der Waals surface area (Å²) < 4.78 is 12.6. The van der Waals surface area contributed by atoms with Gasteiger partial charge in [0.15, 0.2) is 0 Å². The van der Waals surface area contributed by atoms with Crippen molar-refractivity contribution in [3.05, 3.63) is 0 Å². The van der Waals surface area contributed by atoms with Crippen LogP contribution in [-0.2, 0) is 26.1 Å². The third kappa shape index (κ3) is 10.8. The summed E-state index contributed by atoms with van der Waals surface area (Å²) in [5, 5.41) is 0. The van der Waals surface area contributed by atoms with Crippen molar-refractivity contribution in [2.75, 3.05) is 0 Å². The van der Waals surface area contributed by atoms with Gasteiger partial charge in [-0.15, -0.1) is 0 Å². The van der Waals surface area contributed by atoms with Crippen molar-refractivity contribution in [1.82, 2.24) is 0 Å². The van der Waals surface area contributed by atoms with Gasteiger partial charge in [-0.25, -0.2) is 0 Å². The monoisotopic (exact) mass is 163 g/mol. The fourth-order valence-electron chi connectivity index (χ4n) is 0. The summed E-state index contributed by atoms with van der Waals surface area (Å²) in [5.41, 5.74) is 0. The van der Waals surface area contributed by atoms with Gasteiger partial charge >= 0.3 is 17.1 Å². The van der Waals surface area contributed by atoms with E-state index in [0.717, 1.165) is 8.05 Å². The predicted octanol–water partition coefficient (Wildman–Crippen LogP) is -2.62. The minimum atomic E-state index is -4.65. The zero-order valence-corrected chi connectivity index (χ0v) is 5.53. The molecule has 0 atom stereocenters. The molecule has 7 heavy (non-hydrogen) atoms. The van der Waals surface area contributed by atoms with Crippen molar-refractivity contribution >= 4 is 15.9 Å². The largest absolute Gasteiger partial charge is 2.00 e. The molecule has 0 rings (SSSR count). The minimum absolute atomic E-state index is 0. The molecule has 0 amide bonds. The quantitative estimate of drug-likeness (QED) is 0.313. The van der Waals surface area contributed by atoms with E-state index in [1.165, 1.54) is 0 Å². The molecule has 0 bridgehead atoms. The van der Waals surface area contributed by atoms with E-state index in [4.69, 9.17) is 0 Å². The van der Waals surface area contributed by atoms with Gasteiger partial charge in [0.1, 0.15) is 0 Å². The van der Waals surface area contributed by atoms with E-state index in [2.05, 4.69) is 4.44 Å². The first-order chi connectivity index (χ1) is 2.56. The molecule has 0 saturated heterocycles. The molecular weight excluding hydrogens is 161 g/mol. The Morgan fingerprint density at radius 3 is 1.71 bits per heavy atom. The van der Waals surface area contributed by atoms with Crippen LogP contribution in [-0.4, -0.2) is 8.05 Å². The van der Waals surface area contributed by atoms with E-state index in [0.29, 0.717) is 0 Å². The second kappa shape index (κ2) is 3.67. The first-order valence-electron chi connectivity index (χ1n) is 1.14. The fraction of sp³-hybridized carbons (Fsp3) is 0. The zero-order valence-electron chi connectivity index (χ0n) is 3.46. The average molecular weight is 163 g/mol. The molecule has 41 valence electrons. The maximum Gasteiger partial charge on any atom is 2.00 e. The normalized spacial score (nSPS) is 10.0. The third-order valence-corrected chi connectivity index (χ3v) is 0.671. The predicted molar refractivity (Wildman–Crippen MR) is 17.2 cm³/mol. The van der Waals surface area contributed by atoms with Crippen molar-refractivity contribution in [1.29, 1.82) is 0 Å². The Labute approximate surface area is 52.4 Å². The third-order valence-electron chi connectivity index (χ3n) is 0.224. The molecule has 0 unspecified atom stereocenters. The van der Waals surface area contributed by atoms with E-state index in [-0.39, 0.29) is 17.1 Å². The van der Waals surface area contributed by atoms with Crippen LogP contribution >= 0.6 is 7.82 Å². The number of phosphoric acid groups is 1.